The van der Waals surface area contributed by atoms with Crippen LogP contribution in [0.3, 0.4) is 0 Å². The number of imidazole rings is 1. The van der Waals surface area contributed by atoms with E-state index >= 15 is 0 Å². The van der Waals surface area contributed by atoms with Gasteiger partial charge in [-0.25, -0.2) is 15.0 Å². The second kappa shape index (κ2) is 4.56. The number of nitrogens with zero attached hydrogens (tertiary/aromatic N) is 4. The molecule has 3 rings (SSSR count). The molecule has 0 unspecified atom stereocenters. The number of anilines is 1. The van der Waals surface area contributed by atoms with Gasteiger partial charge < -0.3 is 15.0 Å². The Labute approximate surface area is 109 Å². The van der Waals surface area contributed by atoms with Crippen molar-refractivity contribution in [1.82, 2.24) is 19.5 Å². The Balaban J connectivity index is 2.11. The van der Waals surface area contributed by atoms with Gasteiger partial charge in [0.1, 0.15) is 17.6 Å². The summed E-state index contributed by atoms with van der Waals surface area (Å²) in [6.45, 7) is 0.554. The monoisotopic (exact) mass is 255 g/mol. The van der Waals surface area contributed by atoms with Crippen molar-refractivity contribution in [1.29, 1.82) is 0 Å². The number of fused-ring (bicyclic) bond motifs is 1. The van der Waals surface area contributed by atoms with Crippen molar-refractivity contribution in [3.8, 4) is 5.75 Å². The molecule has 6 heteroatoms. The molecule has 6 nitrogen and oxygen atoms in total. The maximum Gasteiger partial charge on any atom is 0.201 e. The molecule has 0 saturated carbocycles. The molecule has 0 saturated heterocycles. The highest BCUT2D eigenvalue weighted by Crippen LogP contribution is 2.27. The van der Waals surface area contributed by atoms with E-state index in [0.29, 0.717) is 18.2 Å². The van der Waals surface area contributed by atoms with E-state index in [1.807, 2.05) is 28.8 Å². The second-order valence-corrected chi connectivity index (χ2v) is 4.08. The van der Waals surface area contributed by atoms with E-state index in [1.54, 1.807) is 13.3 Å². The minimum atomic E-state index is 0.443. The zero-order valence-electron chi connectivity index (χ0n) is 10.4. The number of hydrogen-bond donors (Lipinski definition) is 1. The van der Waals surface area contributed by atoms with Gasteiger partial charge in [0.05, 0.1) is 24.9 Å². The summed E-state index contributed by atoms with van der Waals surface area (Å²) in [5, 5.41) is 0. The number of nitrogens with two attached hydrogens (primary N) is 1. The van der Waals surface area contributed by atoms with Crippen LogP contribution in [0.4, 0.5) is 5.95 Å². The predicted molar refractivity (Wildman–Crippen MR) is 71.8 cm³/mol. The lowest BCUT2D eigenvalue weighted by Gasteiger charge is -2.06. The molecule has 0 aliphatic heterocycles. The average Bonchev–Trinajstić information content (AvgIpc) is 2.76. The molecule has 0 radical (unpaired) electrons. The summed E-state index contributed by atoms with van der Waals surface area (Å²) in [6.07, 6.45) is 3.23. The van der Waals surface area contributed by atoms with Gasteiger partial charge >= 0.3 is 0 Å². The minimum Gasteiger partial charge on any atom is -0.494 e. The fourth-order valence-corrected chi connectivity index (χ4v) is 2.04. The third-order valence-corrected chi connectivity index (χ3v) is 2.95. The van der Waals surface area contributed by atoms with Gasteiger partial charge in [-0.1, -0.05) is 6.07 Å². The van der Waals surface area contributed by atoms with E-state index in [2.05, 4.69) is 15.0 Å². The number of rotatable bonds is 3. The van der Waals surface area contributed by atoms with E-state index in [1.165, 1.54) is 6.33 Å². The molecule has 0 spiro atoms. The van der Waals surface area contributed by atoms with Gasteiger partial charge in [0.2, 0.25) is 5.95 Å². The molecule has 0 bridgehead atoms. The normalized spacial score (nSPS) is 10.8. The topological polar surface area (TPSA) is 78.9 Å². The molecule has 3 aromatic rings. The highest BCUT2D eigenvalue weighted by atomic mass is 16.5. The predicted octanol–water partition coefficient (Wildman–Crippen LogP) is 1.47. The summed E-state index contributed by atoms with van der Waals surface area (Å²) < 4.78 is 7.19. The first-order valence-electron chi connectivity index (χ1n) is 5.83. The number of hydrogen-bond acceptors (Lipinski definition) is 5. The van der Waals surface area contributed by atoms with Crippen LogP contribution >= 0.6 is 0 Å². The molecular formula is C13H13N5O. The van der Waals surface area contributed by atoms with Crippen molar-refractivity contribution in [2.75, 3.05) is 12.8 Å². The van der Waals surface area contributed by atoms with Crippen LogP contribution < -0.4 is 10.5 Å². The highest BCUT2D eigenvalue weighted by Gasteiger charge is 2.12. The van der Waals surface area contributed by atoms with Gasteiger partial charge in [0.25, 0.3) is 0 Å². The summed E-state index contributed by atoms with van der Waals surface area (Å²) in [4.78, 5) is 12.4. The van der Waals surface area contributed by atoms with E-state index in [0.717, 1.165) is 16.7 Å². The molecule has 0 aliphatic carbocycles. The average molecular weight is 255 g/mol. The molecule has 1 aromatic carbocycles. The van der Waals surface area contributed by atoms with Crippen LogP contribution in [0.5, 0.6) is 5.75 Å². The van der Waals surface area contributed by atoms with Gasteiger partial charge in [0, 0.05) is 6.20 Å². The Morgan fingerprint density at radius 2 is 2.21 bits per heavy atom. The lowest BCUT2D eigenvalue weighted by molar-refractivity contribution is 0.419. The Morgan fingerprint density at radius 3 is 2.95 bits per heavy atom. The number of ether oxygens (including phenoxy) is 1. The quantitative estimate of drug-likeness (QED) is 0.766. The summed E-state index contributed by atoms with van der Waals surface area (Å²) in [6, 6.07) is 7.59. The van der Waals surface area contributed by atoms with Crippen molar-refractivity contribution < 1.29 is 4.74 Å². The maximum atomic E-state index is 5.98. The Bertz CT molecular complexity index is 708. The van der Waals surface area contributed by atoms with Crippen LogP contribution in [0, 0.1) is 0 Å². The zero-order valence-corrected chi connectivity index (χ0v) is 10.4. The van der Waals surface area contributed by atoms with E-state index in [4.69, 9.17) is 10.5 Å². The fraction of sp³-hybridized carbons (Fsp3) is 0.154. The maximum absolute atomic E-state index is 5.98. The molecule has 0 amide bonds. The first kappa shape index (κ1) is 11.5. The first-order chi connectivity index (χ1) is 9.29. The van der Waals surface area contributed by atoms with Gasteiger partial charge in [-0.05, 0) is 18.2 Å². The summed E-state index contributed by atoms with van der Waals surface area (Å²) in [5.41, 5.74) is 8.54. The molecule has 0 atom stereocenters. The van der Waals surface area contributed by atoms with E-state index < -0.39 is 0 Å². The standard InChI is InChI=1S/C13H13N5O/c1-19-11-4-2-3-10-12(11)17-13(14)18(10)7-9-5-6-15-8-16-9/h2-6,8H,7H2,1H3,(H2,14,17). The molecular weight excluding hydrogens is 242 g/mol. The Morgan fingerprint density at radius 1 is 1.32 bits per heavy atom. The van der Waals surface area contributed by atoms with Crippen LogP contribution in [0.15, 0.2) is 36.8 Å². The Kier molecular flexibility index (Phi) is 2.75. The molecule has 0 fully saturated rings. The van der Waals surface area contributed by atoms with E-state index in [-0.39, 0.29) is 0 Å². The minimum absolute atomic E-state index is 0.443. The van der Waals surface area contributed by atoms with Crippen LogP contribution in [-0.2, 0) is 6.54 Å². The lowest BCUT2D eigenvalue weighted by Crippen LogP contribution is -2.05. The number of aromatic nitrogens is 4. The lowest BCUT2D eigenvalue weighted by atomic mass is 10.3. The van der Waals surface area contributed by atoms with Crippen molar-refractivity contribution in [3.63, 3.8) is 0 Å². The van der Waals surface area contributed by atoms with Crippen LogP contribution in [0.25, 0.3) is 11.0 Å². The van der Waals surface area contributed by atoms with Gasteiger partial charge in [0.15, 0.2) is 0 Å². The fourth-order valence-electron chi connectivity index (χ4n) is 2.04. The number of nitrogen functional groups attached to an aromatic ring is 1. The van der Waals surface area contributed by atoms with Crippen molar-refractivity contribution >= 4 is 17.0 Å². The largest absolute Gasteiger partial charge is 0.494 e. The highest BCUT2D eigenvalue weighted by molar-refractivity contribution is 5.84. The molecule has 96 valence electrons. The summed E-state index contributed by atoms with van der Waals surface area (Å²) in [5.74, 6) is 1.16. The number of methoxy groups -OCH3 is 1. The molecule has 19 heavy (non-hydrogen) atoms. The van der Waals surface area contributed by atoms with Crippen LogP contribution in [-0.4, -0.2) is 26.6 Å². The number of para-hydroxylation sites is 1. The van der Waals surface area contributed by atoms with Gasteiger partial charge in [-0.3, -0.25) is 0 Å². The van der Waals surface area contributed by atoms with Crippen molar-refractivity contribution in [3.05, 3.63) is 42.5 Å². The molecule has 0 aliphatic rings. The molecule has 2 N–H and O–H groups in total. The third-order valence-electron chi connectivity index (χ3n) is 2.95. The van der Waals surface area contributed by atoms with Gasteiger partial charge in [-0.15, -0.1) is 0 Å². The first-order valence-corrected chi connectivity index (χ1v) is 5.83. The van der Waals surface area contributed by atoms with Gasteiger partial charge in [-0.2, -0.15) is 0 Å². The SMILES string of the molecule is COc1cccc2c1nc(N)n2Cc1ccncn1. The molecule has 2 aromatic heterocycles. The zero-order chi connectivity index (χ0) is 13.2. The smallest absolute Gasteiger partial charge is 0.201 e. The van der Waals surface area contributed by atoms with Crippen molar-refractivity contribution in [2.45, 2.75) is 6.54 Å². The Hall–Kier alpha value is -2.63. The second-order valence-electron chi connectivity index (χ2n) is 4.08. The van der Waals surface area contributed by atoms with Crippen molar-refractivity contribution in [2.24, 2.45) is 0 Å². The van der Waals surface area contributed by atoms with Crippen LogP contribution in [0.2, 0.25) is 0 Å². The summed E-state index contributed by atoms with van der Waals surface area (Å²) >= 11 is 0. The number of benzene rings is 1. The third kappa shape index (κ3) is 1.97. The summed E-state index contributed by atoms with van der Waals surface area (Å²) in [7, 11) is 1.62. The van der Waals surface area contributed by atoms with Crippen LogP contribution in [0.1, 0.15) is 5.69 Å². The molecule has 2 heterocycles. The van der Waals surface area contributed by atoms with E-state index in [9.17, 15) is 0 Å².